The summed E-state index contributed by atoms with van der Waals surface area (Å²) in [5.41, 5.74) is 4.46. The van der Waals surface area contributed by atoms with Gasteiger partial charge < -0.3 is 4.74 Å². The summed E-state index contributed by atoms with van der Waals surface area (Å²) in [5.74, 6) is 3.84. The van der Waals surface area contributed by atoms with Crippen molar-refractivity contribution in [2.24, 2.45) is 11.8 Å². The van der Waals surface area contributed by atoms with Crippen LogP contribution >= 0.6 is 0 Å². The van der Waals surface area contributed by atoms with Crippen LogP contribution in [0, 0.1) is 11.8 Å². The van der Waals surface area contributed by atoms with Crippen LogP contribution in [0.5, 0.6) is 5.75 Å². The second kappa shape index (κ2) is 13.2. The summed E-state index contributed by atoms with van der Waals surface area (Å²) in [6.07, 6.45) is 20.7. The summed E-state index contributed by atoms with van der Waals surface area (Å²) in [5, 5.41) is 0. The maximum atomic E-state index is 6.19. The van der Waals surface area contributed by atoms with Crippen molar-refractivity contribution in [3.8, 4) is 5.75 Å². The average molecular weight is 459 g/mol. The Hall–Kier alpha value is -2.02. The van der Waals surface area contributed by atoms with Crippen LogP contribution in [-0.4, -0.2) is 6.61 Å². The number of unbranched alkanes of at least 4 members (excludes halogenated alkanes) is 2. The van der Waals surface area contributed by atoms with Gasteiger partial charge in [-0.1, -0.05) is 88.1 Å². The first-order chi connectivity index (χ1) is 16.7. The first kappa shape index (κ1) is 25.1. The van der Waals surface area contributed by atoms with E-state index in [0.29, 0.717) is 11.8 Å². The highest BCUT2D eigenvalue weighted by molar-refractivity contribution is 5.31. The van der Waals surface area contributed by atoms with Gasteiger partial charge in [0.15, 0.2) is 0 Å². The molecule has 0 aliphatic heterocycles. The molecule has 0 bridgehead atoms. The Bertz CT molecular complexity index is 854. The lowest BCUT2D eigenvalue weighted by Crippen LogP contribution is -2.15. The highest BCUT2D eigenvalue weighted by atomic mass is 16.5. The smallest absolute Gasteiger partial charge is 0.119 e. The zero-order chi connectivity index (χ0) is 23.6. The minimum Gasteiger partial charge on any atom is -0.493 e. The second-order valence-electron chi connectivity index (χ2n) is 10.9. The zero-order valence-electron chi connectivity index (χ0n) is 21.7. The summed E-state index contributed by atoms with van der Waals surface area (Å²) in [4.78, 5) is 0. The Morgan fingerprint density at radius 1 is 0.706 bits per heavy atom. The summed E-state index contributed by atoms with van der Waals surface area (Å²) >= 11 is 0. The second-order valence-corrected chi connectivity index (χ2v) is 10.9. The molecule has 2 atom stereocenters. The molecule has 2 unspecified atom stereocenters. The predicted molar refractivity (Wildman–Crippen MR) is 146 cm³/mol. The van der Waals surface area contributed by atoms with E-state index in [1.807, 2.05) is 0 Å². The van der Waals surface area contributed by atoms with Crippen molar-refractivity contribution >= 4 is 0 Å². The molecule has 1 saturated carbocycles. The number of allylic oxidation sites excluding steroid dienone is 1. The molecule has 4 rings (SSSR count). The number of hydrogen-bond donors (Lipinski definition) is 0. The quantitative estimate of drug-likeness (QED) is 0.240. The Kier molecular flexibility index (Phi) is 9.72. The monoisotopic (exact) mass is 458 g/mol. The molecule has 0 radical (unpaired) electrons. The molecule has 2 aliphatic carbocycles. The maximum absolute atomic E-state index is 6.19. The Morgan fingerprint density at radius 2 is 1.44 bits per heavy atom. The Balaban J connectivity index is 1.20. The van der Waals surface area contributed by atoms with Crippen molar-refractivity contribution in [2.75, 3.05) is 6.61 Å². The first-order valence-electron chi connectivity index (χ1n) is 14.2. The van der Waals surface area contributed by atoms with E-state index in [4.69, 9.17) is 4.74 Å². The van der Waals surface area contributed by atoms with Crippen LogP contribution < -0.4 is 4.74 Å². The van der Waals surface area contributed by atoms with E-state index >= 15 is 0 Å². The Labute approximate surface area is 209 Å². The molecule has 1 heteroatoms. The first-order valence-corrected chi connectivity index (χ1v) is 14.2. The van der Waals surface area contributed by atoms with Gasteiger partial charge in [-0.15, -0.1) is 0 Å². The van der Waals surface area contributed by atoms with Gasteiger partial charge in [-0.3, -0.25) is 0 Å². The molecule has 0 N–H and O–H groups in total. The standard InChI is InChI=1S/C33H46O/c1-3-5-6-8-27-11-17-29(18-12-27)31-19-13-28(14-20-31)25-34-33-23-21-32(22-24-33)30-15-9-26(7-4-2)10-16-30/h11-13,17-19,21-24,26,28,30-31H,3-10,14-16,20,25H2,1-2H3. The molecular formula is C33H46O. The molecule has 34 heavy (non-hydrogen) atoms. The Morgan fingerprint density at radius 3 is 2.09 bits per heavy atom. The van der Waals surface area contributed by atoms with Crippen LogP contribution in [-0.2, 0) is 6.42 Å². The highest BCUT2D eigenvalue weighted by Gasteiger charge is 2.22. The average Bonchev–Trinajstić information content (AvgIpc) is 2.89. The molecule has 2 aromatic carbocycles. The van der Waals surface area contributed by atoms with Crippen LogP contribution in [0.2, 0.25) is 0 Å². The van der Waals surface area contributed by atoms with Crippen molar-refractivity contribution < 1.29 is 4.74 Å². The third-order valence-electron chi connectivity index (χ3n) is 8.30. The fraction of sp³-hybridized carbons (Fsp3) is 0.576. The summed E-state index contributed by atoms with van der Waals surface area (Å²) in [6, 6.07) is 18.4. The molecule has 0 aromatic heterocycles. The lowest BCUT2D eigenvalue weighted by Gasteiger charge is -2.28. The molecule has 2 aromatic rings. The summed E-state index contributed by atoms with van der Waals surface area (Å²) < 4.78 is 6.19. The molecule has 2 aliphatic rings. The van der Waals surface area contributed by atoms with Gasteiger partial charge >= 0.3 is 0 Å². The number of rotatable bonds is 11. The van der Waals surface area contributed by atoms with Crippen LogP contribution in [0.25, 0.3) is 0 Å². The van der Waals surface area contributed by atoms with Gasteiger partial charge in [-0.05, 0) is 92.0 Å². The van der Waals surface area contributed by atoms with Crippen molar-refractivity contribution in [3.05, 3.63) is 77.4 Å². The van der Waals surface area contributed by atoms with Crippen molar-refractivity contribution in [1.82, 2.24) is 0 Å². The van der Waals surface area contributed by atoms with E-state index in [9.17, 15) is 0 Å². The van der Waals surface area contributed by atoms with Crippen molar-refractivity contribution in [1.29, 1.82) is 0 Å². The zero-order valence-corrected chi connectivity index (χ0v) is 21.7. The summed E-state index contributed by atoms with van der Waals surface area (Å²) in [6.45, 7) is 5.38. The molecule has 184 valence electrons. The normalized spacial score (nSPS) is 24.8. The fourth-order valence-corrected chi connectivity index (χ4v) is 6.04. The van der Waals surface area contributed by atoms with Gasteiger partial charge in [0.05, 0.1) is 6.61 Å². The fourth-order valence-electron chi connectivity index (χ4n) is 6.04. The summed E-state index contributed by atoms with van der Waals surface area (Å²) in [7, 11) is 0. The van der Waals surface area contributed by atoms with E-state index in [1.54, 1.807) is 0 Å². The van der Waals surface area contributed by atoms with Crippen LogP contribution in [0.1, 0.15) is 113 Å². The predicted octanol–water partition coefficient (Wildman–Crippen LogP) is 9.62. The molecule has 1 fully saturated rings. The van der Waals surface area contributed by atoms with Gasteiger partial charge in [-0.2, -0.15) is 0 Å². The number of aryl methyl sites for hydroxylation is 1. The van der Waals surface area contributed by atoms with Crippen molar-refractivity contribution in [2.45, 2.75) is 103 Å². The van der Waals surface area contributed by atoms with Crippen LogP contribution in [0.3, 0.4) is 0 Å². The van der Waals surface area contributed by atoms with E-state index in [1.165, 1.54) is 93.7 Å². The highest BCUT2D eigenvalue weighted by Crippen LogP contribution is 2.38. The van der Waals surface area contributed by atoms with E-state index in [0.717, 1.165) is 24.2 Å². The third-order valence-corrected chi connectivity index (χ3v) is 8.30. The molecule has 0 amide bonds. The third kappa shape index (κ3) is 7.24. The molecular weight excluding hydrogens is 412 g/mol. The lowest BCUT2D eigenvalue weighted by molar-refractivity contribution is 0.260. The van der Waals surface area contributed by atoms with E-state index in [-0.39, 0.29) is 0 Å². The van der Waals surface area contributed by atoms with Crippen LogP contribution in [0.15, 0.2) is 60.7 Å². The van der Waals surface area contributed by atoms with Gasteiger partial charge in [-0.25, -0.2) is 0 Å². The molecule has 0 spiro atoms. The topological polar surface area (TPSA) is 9.23 Å². The minimum atomic E-state index is 0.526. The van der Waals surface area contributed by atoms with Gasteiger partial charge in [0.1, 0.15) is 5.75 Å². The van der Waals surface area contributed by atoms with Gasteiger partial charge in [0, 0.05) is 11.8 Å². The minimum absolute atomic E-state index is 0.526. The van der Waals surface area contributed by atoms with Crippen LogP contribution in [0.4, 0.5) is 0 Å². The SMILES string of the molecule is CCCCCc1ccc(C2C=CC(COc3ccc(C4CCC(CCC)CC4)cc3)CC2)cc1. The number of benzene rings is 2. The molecule has 0 heterocycles. The maximum Gasteiger partial charge on any atom is 0.119 e. The molecule has 1 nitrogen and oxygen atoms in total. The van der Waals surface area contributed by atoms with Crippen molar-refractivity contribution in [3.63, 3.8) is 0 Å². The van der Waals surface area contributed by atoms with E-state index < -0.39 is 0 Å². The number of ether oxygens (including phenoxy) is 1. The number of hydrogen-bond acceptors (Lipinski definition) is 1. The van der Waals surface area contributed by atoms with Gasteiger partial charge in [0.2, 0.25) is 0 Å². The molecule has 0 saturated heterocycles. The van der Waals surface area contributed by atoms with Gasteiger partial charge in [0.25, 0.3) is 0 Å². The van der Waals surface area contributed by atoms with E-state index in [2.05, 4.69) is 74.5 Å². The largest absolute Gasteiger partial charge is 0.493 e. The lowest BCUT2D eigenvalue weighted by atomic mass is 9.77.